The molecule has 0 radical (unpaired) electrons. The summed E-state index contributed by atoms with van der Waals surface area (Å²) in [5, 5.41) is 18.6. The van der Waals surface area contributed by atoms with E-state index in [0.717, 1.165) is 22.3 Å². The van der Waals surface area contributed by atoms with Crippen molar-refractivity contribution in [1.82, 2.24) is 5.32 Å². The highest BCUT2D eigenvalue weighted by Crippen LogP contribution is 2.40. The molecule has 0 saturated carbocycles. The van der Waals surface area contributed by atoms with Crippen LogP contribution in [0.15, 0.2) is 217 Å². The molecule has 284 valence electrons. The molecule has 0 bridgehead atoms. The maximum atomic E-state index is 6.99. The molecule has 0 aromatic heterocycles. The molecule has 2 unspecified atom stereocenters. The Labute approximate surface area is 349 Å². The summed E-state index contributed by atoms with van der Waals surface area (Å²) in [6.45, 7) is 0. The maximum Gasteiger partial charge on any atom is 0.127 e. The molecule has 0 amide bonds. The van der Waals surface area contributed by atoms with Gasteiger partial charge in [-0.05, 0) is 116 Å². The van der Waals surface area contributed by atoms with Crippen molar-refractivity contribution in [2.45, 2.75) is 12.3 Å². The maximum absolute atomic E-state index is 6.99. The van der Waals surface area contributed by atoms with Crippen LogP contribution in [0.3, 0.4) is 0 Å². The minimum atomic E-state index is -0.459. The third kappa shape index (κ3) is 6.38. The predicted molar refractivity (Wildman–Crippen MR) is 256 cm³/mol. The Morgan fingerprint density at radius 1 is 0.367 bits per heavy atom. The van der Waals surface area contributed by atoms with Crippen molar-refractivity contribution in [2.75, 3.05) is 0 Å². The van der Waals surface area contributed by atoms with Gasteiger partial charge in [0.05, 0.1) is 6.17 Å². The summed E-state index contributed by atoms with van der Waals surface area (Å²) < 4.78 is 0. The fraction of sp³-hybridized carbons (Fsp3) is 0.0351. The lowest BCUT2D eigenvalue weighted by atomic mass is 9.89. The van der Waals surface area contributed by atoms with Gasteiger partial charge in [0.2, 0.25) is 0 Å². The summed E-state index contributed by atoms with van der Waals surface area (Å²) in [6.07, 6.45) is 1.10. The molecule has 11 aromatic rings. The van der Waals surface area contributed by atoms with Crippen molar-refractivity contribution in [3.8, 4) is 22.3 Å². The number of aliphatic imine (C=N–C) groups is 1. The van der Waals surface area contributed by atoms with E-state index >= 15 is 0 Å². The van der Waals surface area contributed by atoms with Gasteiger partial charge in [-0.1, -0.05) is 200 Å². The van der Waals surface area contributed by atoms with Crippen molar-refractivity contribution in [2.24, 2.45) is 10.7 Å². The zero-order chi connectivity index (χ0) is 40.0. The summed E-state index contributed by atoms with van der Waals surface area (Å²) in [7, 11) is 0. The largest absolute Gasteiger partial charge is 0.312 e. The van der Waals surface area contributed by atoms with Gasteiger partial charge >= 0.3 is 0 Å². The van der Waals surface area contributed by atoms with Crippen molar-refractivity contribution >= 4 is 70.8 Å². The fourth-order valence-electron chi connectivity index (χ4n) is 9.13. The highest BCUT2D eigenvalue weighted by molar-refractivity contribution is 6.25. The van der Waals surface area contributed by atoms with E-state index in [1.807, 2.05) is 12.3 Å². The zero-order valence-corrected chi connectivity index (χ0v) is 33.0. The summed E-state index contributed by atoms with van der Waals surface area (Å²) in [5.41, 5.74) is 14.8. The Kier molecular flexibility index (Phi) is 8.97. The summed E-state index contributed by atoms with van der Waals surface area (Å²) in [5.74, 6) is 0. The number of nitrogens with two attached hydrogens (primary N) is 1. The molecule has 0 spiro atoms. The fourth-order valence-corrected chi connectivity index (χ4v) is 9.13. The van der Waals surface area contributed by atoms with E-state index in [4.69, 9.17) is 10.7 Å². The van der Waals surface area contributed by atoms with Crippen LogP contribution < -0.4 is 11.1 Å². The molecule has 3 N–H and O–H groups in total. The van der Waals surface area contributed by atoms with Gasteiger partial charge in [-0.15, -0.1) is 0 Å². The summed E-state index contributed by atoms with van der Waals surface area (Å²) in [6, 6.07) is 76.1. The number of hydrogen-bond donors (Lipinski definition) is 2. The van der Waals surface area contributed by atoms with Crippen LogP contribution in [-0.2, 0) is 0 Å². The van der Waals surface area contributed by atoms with Crippen molar-refractivity contribution < 1.29 is 0 Å². The monoisotopic (exact) mass is 767 g/mol. The molecule has 60 heavy (non-hydrogen) atoms. The van der Waals surface area contributed by atoms with Crippen LogP contribution in [0.2, 0.25) is 0 Å². The lowest BCUT2D eigenvalue weighted by molar-refractivity contribution is 0.467. The number of nitrogens with zero attached hydrogens (tertiary/aromatic N) is 1. The molecular weight excluding hydrogens is 727 g/mol. The van der Waals surface area contributed by atoms with Gasteiger partial charge in [0.25, 0.3) is 0 Å². The standard InChI is InChI=1S/C57H41N3/c58-56(42-28-26-39(27-29-42)38-12-2-1-3-13-38)60-57(44-31-32-51-49-20-9-8-18-47(49)48-19-10-11-21-50(48)54(51)35-44)59-36-37-22-24-41(25-23-37)55-46-17-7-5-15-43(46)34-53-45-16-6-4-14-40(45)30-33-52(53)55/h1-36,56-57,60H,58H2. The second-order valence-corrected chi connectivity index (χ2v) is 15.7. The van der Waals surface area contributed by atoms with E-state index in [1.54, 1.807) is 0 Å². The normalized spacial score (nSPS) is 12.9. The van der Waals surface area contributed by atoms with Crippen molar-refractivity contribution in [3.63, 3.8) is 0 Å². The molecule has 11 rings (SSSR count). The van der Waals surface area contributed by atoms with Crippen molar-refractivity contribution in [3.05, 3.63) is 229 Å². The SMILES string of the molecule is NC(NC(N=Cc1ccc(-c2c3ccccc3cc3c2ccc2ccccc23)cc1)c1ccc2c3ccccc3c3ccccc3c2c1)c1ccc(-c2ccccc2)cc1. The predicted octanol–water partition coefficient (Wildman–Crippen LogP) is 14.3. The minimum absolute atomic E-state index is 0.418. The molecule has 3 heteroatoms. The van der Waals surface area contributed by atoms with Crippen LogP contribution in [0.1, 0.15) is 29.0 Å². The van der Waals surface area contributed by atoms with Gasteiger partial charge in [-0.3, -0.25) is 10.3 Å². The van der Waals surface area contributed by atoms with E-state index in [9.17, 15) is 0 Å². The van der Waals surface area contributed by atoms with E-state index in [0.29, 0.717) is 0 Å². The Balaban J connectivity index is 0.984. The van der Waals surface area contributed by atoms with Gasteiger partial charge < -0.3 is 5.73 Å². The van der Waals surface area contributed by atoms with Crippen LogP contribution in [0, 0.1) is 0 Å². The minimum Gasteiger partial charge on any atom is -0.312 e. The average Bonchev–Trinajstić information content (AvgIpc) is 3.32. The van der Waals surface area contributed by atoms with E-state index in [-0.39, 0.29) is 0 Å². The third-order valence-corrected chi connectivity index (χ3v) is 12.1. The second kappa shape index (κ2) is 15.1. The first-order valence-corrected chi connectivity index (χ1v) is 20.6. The Morgan fingerprint density at radius 2 is 0.867 bits per heavy atom. The molecule has 0 heterocycles. The van der Waals surface area contributed by atoms with Crippen LogP contribution in [-0.4, -0.2) is 6.21 Å². The molecule has 0 saturated heterocycles. The summed E-state index contributed by atoms with van der Waals surface area (Å²) >= 11 is 0. The van der Waals surface area contributed by atoms with Gasteiger partial charge in [0.15, 0.2) is 0 Å². The van der Waals surface area contributed by atoms with Gasteiger partial charge in [-0.2, -0.15) is 0 Å². The second-order valence-electron chi connectivity index (χ2n) is 15.7. The lowest BCUT2D eigenvalue weighted by Gasteiger charge is -2.22. The van der Waals surface area contributed by atoms with Gasteiger partial charge in [0.1, 0.15) is 6.17 Å². The van der Waals surface area contributed by atoms with E-state index < -0.39 is 12.3 Å². The molecule has 0 aliphatic heterocycles. The topological polar surface area (TPSA) is 50.4 Å². The molecule has 11 aromatic carbocycles. The van der Waals surface area contributed by atoms with Gasteiger partial charge in [-0.25, -0.2) is 0 Å². The molecule has 0 fully saturated rings. The summed E-state index contributed by atoms with van der Waals surface area (Å²) in [4.78, 5) is 5.26. The quantitative estimate of drug-likeness (QED) is 0.0700. The molecular formula is C57H41N3. The Hall–Kier alpha value is -7.43. The van der Waals surface area contributed by atoms with Crippen LogP contribution in [0.5, 0.6) is 0 Å². The highest BCUT2D eigenvalue weighted by Gasteiger charge is 2.18. The number of hydrogen-bond acceptors (Lipinski definition) is 3. The first kappa shape index (κ1) is 35.7. The van der Waals surface area contributed by atoms with E-state index in [1.165, 1.54) is 81.3 Å². The Bertz CT molecular complexity index is 3370. The van der Waals surface area contributed by atoms with Gasteiger partial charge in [0, 0.05) is 6.21 Å². The molecule has 0 aliphatic rings. The molecule has 3 nitrogen and oxygen atoms in total. The van der Waals surface area contributed by atoms with Crippen molar-refractivity contribution in [1.29, 1.82) is 0 Å². The number of benzene rings is 11. The molecule has 0 aliphatic carbocycles. The van der Waals surface area contributed by atoms with E-state index in [2.05, 4.69) is 212 Å². The number of fused-ring (bicyclic) bond motifs is 10. The zero-order valence-electron chi connectivity index (χ0n) is 33.0. The smallest absolute Gasteiger partial charge is 0.127 e. The lowest BCUT2D eigenvalue weighted by Crippen LogP contribution is -2.31. The average molecular weight is 768 g/mol. The number of nitrogens with one attached hydrogen (secondary N) is 1. The first-order chi connectivity index (χ1) is 29.7. The third-order valence-electron chi connectivity index (χ3n) is 12.1. The molecule has 2 atom stereocenters. The Morgan fingerprint density at radius 3 is 1.57 bits per heavy atom. The van der Waals surface area contributed by atoms with Crippen LogP contribution in [0.25, 0.3) is 86.9 Å². The van der Waals surface area contributed by atoms with Crippen LogP contribution >= 0.6 is 0 Å². The van der Waals surface area contributed by atoms with Crippen LogP contribution in [0.4, 0.5) is 0 Å². The number of rotatable bonds is 8. The highest BCUT2D eigenvalue weighted by atomic mass is 15.1. The first-order valence-electron chi connectivity index (χ1n) is 20.6.